The Morgan fingerprint density at radius 1 is 1.16 bits per heavy atom. The minimum absolute atomic E-state index is 0.125. The first-order chi connectivity index (χ1) is 12.2. The summed E-state index contributed by atoms with van der Waals surface area (Å²) in [7, 11) is 1.92. The van der Waals surface area contributed by atoms with Gasteiger partial charge in [-0.15, -0.1) is 0 Å². The minimum Gasteiger partial charge on any atom is -0.355 e. The van der Waals surface area contributed by atoms with Crippen molar-refractivity contribution in [2.45, 2.75) is 18.9 Å². The fourth-order valence-corrected chi connectivity index (χ4v) is 3.08. The van der Waals surface area contributed by atoms with Crippen LogP contribution in [0.3, 0.4) is 0 Å². The van der Waals surface area contributed by atoms with E-state index in [1.54, 1.807) is 24.9 Å². The van der Waals surface area contributed by atoms with Crippen LogP contribution in [0, 0.1) is 0 Å². The summed E-state index contributed by atoms with van der Waals surface area (Å²) in [6, 6.07) is 1.74. The molecule has 4 heterocycles. The molecular formula is C16H18N8O. The number of nitrogens with zero attached hydrogens (tertiary/aromatic N) is 7. The topological polar surface area (TPSA) is 102 Å². The van der Waals surface area contributed by atoms with Crippen molar-refractivity contribution < 1.29 is 4.79 Å². The SMILES string of the molecule is Cn1cnc2c(N3CCC(NC(=O)c4ccncn4)CC3)ncnc21. The summed E-state index contributed by atoms with van der Waals surface area (Å²) < 4.78 is 1.88. The molecule has 1 amide bonds. The molecule has 1 fully saturated rings. The van der Waals surface area contributed by atoms with Crippen molar-refractivity contribution in [3.8, 4) is 0 Å². The minimum atomic E-state index is -0.157. The van der Waals surface area contributed by atoms with E-state index in [2.05, 4.69) is 35.1 Å². The molecule has 1 aliphatic heterocycles. The number of nitrogens with one attached hydrogen (secondary N) is 1. The van der Waals surface area contributed by atoms with Crippen molar-refractivity contribution in [2.75, 3.05) is 18.0 Å². The number of aryl methyl sites for hydroxylation is 1. The third-order valence-electron chi connectivity index (χ3n) is 4.42. The van der Waals surface area contributed by atoms with E-state index in [4.69, 9.17) is 0 Å². The Morgan fingerprint density at radius 3 is 2.76 bits per heavy atom. The van der Waals surface area contributed by atoms with Gasteiger partial charge in [0.2, 0.25) is 0 Å². The van der Waals surface area contributed by atoms with Crippen LogP contribution in [0.15, 0.2) is 31.2 Å². The average molecular weight is 338 g/mol. The van der Waals surface area contributed by atoms with Gasteiger partial charge in [0.25, 0.3) is 5.91 Å². The quantitative estimate of drug-likeness (QED) is 0.744. The molecule has 0 aliphatic carbocycles. The van der Waals surface area contributed by atoms with Crippen LogP contribution in [0.4, 0.5) is 5.82 Å². The monoisotopic (exact) mass is 338 g/mol. The molecule has 0 atom stereocenters. The summed E-state index contributed by atoms with van der Waals surface area (Å²) in [6.07, 6.45) is 7.95. The Labute approximate surface area is 144 Å². The Bertz CT molecular complexity index is 886. The van der Waals surface area contributed by atoms with Crippen molar-refractivity contribution in [3.05, 3.63) is 36.9 Å². The lowest BCUT2D eigenvalue weighted by Crippen LogP contribution is -2.45. The van der Waals surface area contributed by atoms with Crippen LogP contribution in [0.2, 0.25) is 0 Å². The molecule has 9 heteroatoms. The first-order valence-electron chi connectivity index (χ1n) is 8.16. The van der Waals surface area contributed by atoms with Crippen molar-refractivity contribution in [3.63, 3.8) is 0 Å². The third kappa shape index (κ3) is 3.00. The number of fused-ring (bicyclic) bond motifs is 1. The van der Waals surface area contributed by atoms with Gasteiger partial charge in [0.1, 0.15) is 18.3 Å². The normalized spacial score (nSPS) is 15.5. The van der Waals surface area contributed by atoms with Crippen molar-refractivity contribution in [2.24, 2.45) is 7.05 Å². The zero-order chi connectivity index (χ0) is 17.2. The average Bonchev–Trinajstić information content (AvgIpc) is 3.04. The fraction of sp³-hybridized carbons (Fsp3) is 0.375. The molecule has 9 nitrogen and oxygen atoms in total. The number of carbonyl (C=O) groups excluding carboxylic acids is 1. The van der Waals surface area contributed by atoms with E-state index >= 15 is 0 Å². The third-order valence-corrected chi connectivity index (χ3v) is 4.42. The highest BCUT2D eigenvalue weighted by molar-refractivity contribution is 5.92. The highest BCUT2D eigenvalue weighted by atomic mass is 16.1. The van der Waals surface area contributed by atoms with E-state index < -0.39 is 0 Å². The van der Waals surface area contributed by atoms with Crippen LogP contribution >= 0.6 is 0 Å². The number of piperidine rings is 1. The van der Waals surface area contributed by atoms with Crippen molar-refractivity contribution in [1.29, 1.82) is 0 Å². The fourth-order valence-electron chi connectivity index (χ4n) is 3.08. The van der Waals surface area contributed by atoms with Gasteiger partial charge in [0.05, 0.1) is 6.33 Å². The van der Waals surface area contributed by atoms with Gasteiger partial charge in [0.15, 0.2) is 17.0 Å². The van der Waals surface area contributed by atoms with Crippen LogP contribution in [0.1, 0.15) is 23.3 Å². The van der Waals surface area contributed by atoms with Crippen LogP contribution < -0.4 is 10.2 Å². The zero-order valence-corrected chi connectivity index (χ0v) is 13.8. The number of hydrogen-bond donors (Lipinski definition) is 1. The van der Waals surface area contributed by atoms with Crippen molar-refractivity contribution in [1.82, 2.24) is 34.8 Å². The molecule has 4 rings (SSSR count). The first-order valence-corrected chi connectivity index (χ1v) is 8.16. The molecule has 0 saturated carbocycles. The van der Waals surface area contributed by atoms with Crippen LogP contribution in [0.5, 0.6) is 0 Å². The largest absolute Gasteiger partial charge is 0.355 e. The molecule has 0 aromatic carbocycles. The molecule has 0 spiro atoms. The van der Waals surface area contributed by atoms with E-state index in [9.17, 15) is 4.79 Å². The predicted octanol–water partition coefficient (Wildman–Crippen LogP) is 0.552. The molecule has 1 saturated heterocycles. The Balaban J connectivity index is 1.42. The second-order valence-electron chi connectivity index (χ2n) is 6.05. The van der Waals surface area contributed by atoms with Crippen LogP contribution in [-0.4, -0.2) is 54.5 Å². The summed E-state index contributed by atoms with van der Waals surface area (Å²) in [5, 5.41) is 3.04. The molecule has 1 aliphatic rings. The van der Waals surface area contributed by atoms with E-state index in [1.807, 2.05) is 11.6 Å². The maximum absolute atomic E-state index is 12.2. The van der Waals surface area contributed by atoms with Crippen molar-refractivity contribution >= 4 is 22.9 Å². The van der Waals surface area contributed by atoms with E-state index in [1.165, 1.54) is 6.33 Å². The molecule has 0 bridgehead atoms. The molecule has 3 aromatic heterocycles. The molecule has 0 radical (unpaired) electrons. The van der Waals surface area contributed by atoms with Gasteiger partial charge >= 0.3 is 0 Å². The zero-order valence-electron chi connectivity index (χ0n) is 13.8. The lowest BCUT2D eigenvalue weighted by molar-refractivity contribution is 0.0926. The van der Waals surface area contributed by atoms with Gasteiger partial charge in [-0.2, -0.15) is 0 Å². The predicted molar refractivity (Wildman–Crippen MR) is 91.0 cm³/mol. The highest BCUT2D eigenvalue weighted by Gasteiger charge is 2.24. The number of rotatable bonds is 3. The maximum atomic E-state index is 12.2. The number of carbonyl (C=O) groups is 1. The number of hydrogen-bond acceptors (Lipinski definition) is 7. The van der Waals surface area contributed by atoms with E-state index in [-0.39, 0.29) is 11.9 Å². The Morgan fingerprint density at radius 2 is 2.00 bits per heavy atom. The number of anilines is 1. The lowest BCUT2D eigenvalue weighted by atomic mass is 10.0. The molecule has 0 unspecified atom stereocenters. The lowest BCUT2D eigenvalue weighted by Gasteiger charge is -2.33. The highest BCUT2D eigenvalue weighted by Crippen LogP contribution is 2.24. The standard InChI is InChI=1S/C16H18N8O/c1-23-10-21-13-14(23)19-9-20-15(13)24-6-3-11(4-7-24)22-16(25)12-2-5-17-8-18-12/h2,5,8-11H,3-4,6-7H2,1H3,(H,22,25). The van der Waals surface area contributed by atoms with Crippen LogP contribution in [-0.2, 0) is 7.05 Å². The second kappa shape index (κ2) is 6.42. The molecule has 3 aromatic rings. The number of imidazole rings is 1. The van der Waals surface area contributed by atoms with Crippen LogP contribution in [0.25, 0.3) is 11.2 Å². The molecule has 25 heavy (non-hydrogen) atoms. The van der Waals surface area contributed by atoms with Gasteiger partial charge in [-0.05, 0) is 18.9 Å². The second-order valence-corrected chi connectivity index (χ2v) is 6.05. The summed E-state index contributed by atoms with van der Waals surface area (Å²) in [4.78, 5) is 35.3. The summed E-state index contributed by atoms with van der Waals surface area (Å²) in [5.41, 5.74) is 2.03. The van der Waals surface area contributed by atoms with Gasteiger partial charge in [0, 0.05) is 32.4 Å². The Kier molecular flexibility index (Phi) is 3.96. The molecule has 1 N–H and O–H groups in total. The van der Waals surface area contributed by atoms with Gasteiger partial charge in [-0.25, -0.2) is 24.9 Å². The van der Waals surface area contributed by atoms with E-state index in [0.717, 1.165) is 42.9 Å². The smallest absolute Gasteiger partial charge is 0.270 e. The molecule has 128 valence electrons. The van der Waals surface area contributed by atoms with E-state index in [0.29, 0.717) is 5.69 Å². The summed E-state index contributed by atoms with van der Waals surface area (Å²) >= 11 is 0. The summed E-state index contributed by atoms with van der Waals surface area (Å²) in [5.74, 6) is 0.696. The Hall–Kier alpha value is -3.10. The molecular weight excluding hydrogens is 320 g/mol. The van der Waals surface area contributed by atoms with Gasteiger partial charge < -0.3 is 14.8 Å². The number of aromatic nitrogens is 6. The van der Waals surface area contributed by atoms with Gasteiger partial charge in [-0.3, -0.25) is 4.79 Å². The first kappa shape index (κ1) is 15.4. The summed E-state index contributed by atoms with van der Waals surface area (Å²) in [6.45, 7) is 1.61. The maximum Gasteiger partial charge on any atom is 0.270 e. The van der Waals surface area contributed by atoms with Gasteiger partial charge in [-0.1, -0.05) is 0 Å². The number of amides is 1.